The molecule has 0 aliphatic carbocycles. The smallest absolute Gasteiger partial charge is 0.490 e. The van der Waals surface area contributed by atoms with Crippen LogP contribution in [0.25, 0.3) is 10.8 Å². The fourth-order valence-electron chi connectivity index (χ4n) is 4.89. The van der Waals surface area contributed by atoms with Gasteiger partial charge in [-0.25, -0.2) is 22.6 Å². The van der Waals surface area contributed by atoms with E-state index >= 15 is 4.39 Å². The molecular weight excluding hydrogens is 700 g/mol. The summed E-state index contributed by atoms with van der Waals surface area (Å²) in [4.78, 5) is 38.9. The first-order valence-electron chi connectivity index (χ1n) is 15.3. The van der Waals surface area contributed by atoms with Crippen LogP contribution in [0.3, 0.4) is 0 Å². The lowest BCUT2D eigenvalue weighted by Gasteiger charge is -2.26. The number of nitrogen functional groups attached to an aromatic ring is 1. The van der Waals surface area contributed by atoms with Crippen molar-refractivity contribution in [3.63, 3.8) is 0 Å². The molecule has 4 rings (SSSR count). The number of ether oxygens (including phenoxy) is 1. The second-order valence-electron chi connectivity index (χ2n) is 11.4. The van der Waals surface area contributed by atoms with Gasteiger partial charge in [-0.3, -0.25) is 9.59 Å². The first kappa shape index (κ1) is 40.0. The highest BCUT2D eigenvalue weighted by atomic mass is 32.2. The standard InChI is InChI=1S/C32H35FN4O6S.C2HF3O2/c1-5-43-27-16-24(25(33)14-19(27)4)30(36-21-10-11-22-20(15-21)12-13-35-31(22)34)32(40)37-26(17-29(38)39)23-8-6-7-9-28(23)44(41,42)18(2)3;3-2(4,5)1(6)7/h6-16,18,26,30,36H,5,17H2,1-4H3,(H2,34,35)(H,37,40)(H,38,39);(H,6,7)/t26-,30-;/m1./s1. The van der Waals surface area contributed by atoms with Crippen LogP contribution in [0, 0.1) is 12.7 Å². The zero-order valence-electron chi connectivity index (χ0n) is 27.8. The summed E-state index contributed by atoms with van der Waals surface area (Å²) in [6.45, 7) is 6.79. The maximum atomic E-state index is 15.6. The molecule has 0 fully saturated rings. The van der Waals surface area contributed by atoms with Gasteiger partial charge in [0.25, 0.3) is 0 Å². The number of aryl methyl sites for hydroxylation is 1. The fourth-order valence-corrected chi connectivity index (χ4v) is 6.21. The van der Waals surface area contributed by atoms with Crippen LogP contribution in [0.1, 0.15) is 56.0 Å². The minimum absolute atomic E-state index is 0.0527. The molecule has 0 aliphatic heterocycles. The van der Waals surface area contributed by atoms with Gasteiger partial charge in [0.15, 0.2) is 9.84 Å². The number of carboxylic acid groups (broad SMARTS) is 2. The molecule has 12 nitrogen and oxygen atoms in total. The molecule has 6 N–H and O–H groups in total. The van der Waals surface area contributed by atoms with Crippen LogP contribution >= 0.6 is 0 Å². The summed E-state index contributed by atoms with van der Waals surface area (Å²) in [5, 5.41) is 23.2. The maximum Gasteiger partial charge on any atom is 0.490 e. The minimum atomic E-state index is -5.08. The van der Waals surface area contributed by atoms with Crippen molar-refractivity contribution in [3.05, 3.63) is 89.4 Å². The number of nitrogens with one attached hydrogen (secondary N) is 2. The molecule has 4 aromatic rings. The van der Waals surface area contributed by atoms with Gasteiger partial charge >= 0.3 is 18.1 Å². The van der Waals surface area contributed by atoms with E-state index in [4.69, 9.17) is 20.4 Å². The molecule has 0 radical (unpaired) electrons. The zero-order chi connectivity index (χ0) is 38.3. The number of amides is 1. The summed E-state index contributed by atoms with van der Waals surface area (Å²) >= 11 is 0. The quantitative estimate of drug-likeness (QED) is 0.108. The number of nitrogens with two attached hydrogens (primary N) is 1. The largest absolute Gasteiger partial charge is 0.494 e. The van der Waals surface area contributed by atoms with Gasteiger partial charge in [0.1, 0.15) is 23.4 Å². The Morgan fingerprint density at radius 3 is 2.24 bits per heavy atom. The summed E-state index contributed by atoms with van der Waals surface area (Å²) in [5.41, 5.74) is 7.02. The predicted molar refractivity (Wildman–Crippen MR) is 180 cm³/mol. The molecule has 0 saturated heterocycles. The number of anilines is 2. The SMILES string of the molecule is CCOc1cc([C@@H](Nc2ccc3c(N)nccc3c2)C(=O)N[C@H](CC(=O)O)c2ccccc2S(=O)(=O)C(C)C)c(F)cc1C.O=C(O)C(F)(F)F. The number of halogens is 4. The zero-order valence-corrected chi connectivity index (χ0v) is 28.6. The summed E-state index contributed by atoms with van der Waals surface area (Å²) in [6.07, 6.45) is -4.16. The summed E-state index contributed by atoms with van der Waals surface area (Å²) in [5.74, 6) is -4.81. The van der Waals surface area contributed by atoms with Gasteiger partial charge in [0.2, 0.25) is 5.91 Å². The van der Waals surface area contributed by atoms with E-state index in [9.17, 15) is 36.3 Å². The summed E-state index contributed by atoms with van der Waals surface area (Å²) in [6, 6.07) is 12.8. The van der Waals surface area contributed by atoms with Crippen LogP contribution in [0.5, 0.6) is 5.75 Å². The van der Waals surface area contributed by atoms with E-state index in [2.05, 4.69) is 15.6 Å². The number of benzene rings is 3. The molecule has 51 heavy (non-hydrogen) atoms. The molecule has 1 aromatic heterocycles. The lowest BCUT2D eigenvalue weighted by Crippen LogP contribution is -2.38. The van der Waals surface area contributed by atoms with Crippen LogP contribution < -0.4 is 21.1 Å². The van der Waals surface area contributed by atoms with E-state index < -0.39 is 63.4 Å². The van der Waals surface area contributed by atoms with Crippen molar-refractivity contribution < 1.29 is 55.3 Å². The predicted octanol–water partition coefficient (Wildman–Crippen LogP) is 5.96. The Labute approximate surface area is 290 Å². The number of nitrogens with zero attached hydrogens (tertiary/aromatic N) is 1. The van der Waals surface area contributed by atoms with Gasteiger partial charge < -0.3 is 31.3 Å². The van der Waals surface area contributed by atoms with E-state index in [-0.39, 0.29) is 16.0 Å². The van der Waals surface area contributed by atoms with E-state index in [1.54, 1.807) is 50.4 Å². The minimum Gasteiger partial charge on any atom is -0.494 e. The number of hydrogen-bond donors (Lipinski definition) is 5. The van der Waals surface area contributed by atoms with Crippen molar-refractivity contribution in [3.8, 4) is 5.75 Å². The van der Waals surface area contributed by atoms with Crippen LogP contribution in [0.2, 0.25) is 0 Å². The van der Waals surface area contributed by atoms with Crippen molar-refractivity contribution in [1.82, 2.24) is 10.3 Å². The number of aliphatic carboxylic acids is 2. The number of carbonyl (C=O) groups is 3. The lowest BCUT2D eigenvalue weighted by molar-refractivity contribution is -0.192. The third kappa shape index (κ3) is 10.1. The Balaban J connectivity index is 0.000000908. The molecule has 1 amide bonds. The summed E-state index contributed by atoms with van der Waals surface area (Å²) in [7, 11) is -3.84. The molecule has 3 aromatic carbocycles. The molecule has 0 aliphatic rings. The topological polar surface area (TPSA) is 198 Å². The number of sulfone groups is 1. The number of aromatic nitrogens is 1. The number of fused-ring (bicyclic) bond motifs is 1. The molecule has 2 atom stereocenters. The molecule has 0 unspecified atom stereocenters. The van der Waals surface area contributed by atoms with Crippen molar-refractivity contribution in [2.45, 2.75) is 62.5 Å². The van der Waals surface area contributed by atoms with Gasteiger partial charge in [-0.1, -0.05) is 18.2 Å². The number of carboxylic acids is 2. The number of rotatable bonds is 12. The monoisotopic (exact) mass is 736 g/mol. The maximum absolute atomic E-state index is 15.6. The number of carbonyl (C=O) groups excluding carboxylic acids is 1. The van der Waals surface area contributed by atoms with Gasteiger partial charge in [-0.15, -0.1) is 0 Å². The molecule has 1 heterocycles. The molecule has 0 bridgehead atoms. The first-order valence-corrected chi connectivity index (χ1v) is 16.8. The Bertz CT molecular complexity index is 2020. The second kappa shape index (κ2) is 16.5. The second-order valence-corrected chi connectivity index (χ2v) is 13.8. The Morgan fingerprint density at radius 2 is 1.65 bits per heavy atom. The van der Waals surface area contributed by atoms with Gasteiger partial charge in [-0.2, -0.15) is 13.2 Å². The van der Waals surface area contributed by atoms with E-state index in [1.807, 2.05) is 0 Å². The lowest BCUT2D eigenvalue weighted by atomic mass is 9.99. The highest BCUT2D eigenvalue weighted by Crippen LogP contribution is 2.33. The number of hydrogen-bond acceptors (Lipinski definition) is 9. The van der Waals surface area contributed by atoms with Crippen LogP contribution in [-0.4, -0.2) is 59.5 Å². The van der Waals surface area contributed by atoms with Crippen molar-refractivity contribution in [2.75, 3.05) is 17.7 Å². The fraction of sp³-hybridized carbons (Fsp3) is 0.294. The van der Waals surface area contributed by atoms with Gasteiger partial charge in [-0.05, 0) is 86.7 Å². The third-order valence-electron chi connectivity index (χ3n) is 7.43. The molecule has 0 spiro atoms. The van der Waals surface area contributed by atoms with E-state index in [0.29, 0.717) is 34.8 Å². The highest BCUT2D eigenvalue weighted by molar-refractivity contribution is 7.92. The van der Waals surface area contributed by atoms with Gasteiger partial charge in [0.05, 0.1) is 29.2 Å². The van der Waals surface area contributed by atoms with E-state index in [0.717, 1.165) is 5.39 Å². The van der Waals surface area contributed by atoms with Crippen LogP contribution in [0.15, 0.2) is 71.8 Å². The Morgan fingerprint density at radius 1 is 1.00 bits per heavy atom. The van der Waals surface area contributed by atoms with E-state index in [1.165, 1.54) is 44.2 Å². The molecular formula is C34H36F4N4O8S. The first-order chi connectivity index (χ1) is 23.8. The van der Waals surface area contributed by atoms with Crippen LogP contribution in [-0.2, 0) is 24.2 Å². The average Bonchev–Trinajstić information content (AvgIpc) is 3.04. The van der Waals surface area contributed by atoms with Crippen molar-refractivity contribution in [2.24, 2.45) is 0 Å². The van der Waals surface area contributed by atoms with Gasteiger partial charge in [0, 0.05) is 22.8 Å². The molecule has 274 valence electrons. The third-order valence-corrected chi connectivity index (χ3v) is 9.66. The molecule has 17 heteroatoms. The highest BCUT2D eigenvalue weighted by Gasteiger charge is 2.38. The number of pyridine rings is 1. The summed E-state index contributed by atoms with van der Waals surface area (Å²) < 4.78 is 79.4. The van der Waals surface area contributed by atoms with Crippen LogP contribution in [0.4, 0.5) is 29.1 Å². The van der Waals surface area contributed by atoms with Crippen molar-refractivity contribution >= 4 is 50.0 Å². The Kier molecular flexibility index (Phi) is 12.9. The molecule has 0 saturated carbocycles. The normalized spacial score (nSPS) is 12.7. The van der Waals surface area contributed by atoms with Crippen molar-refractivity contribution in [1.29, 1.82) is 0 Å². The number of alkyl halides is 3. The Hall–Kier alpha value is -5.45. The average molecular weight is 737 g/mol.